The van der Waals surface area contributed by atoms with E-state index in [1.165, 1.54) is 31.4 Å². The summed E-state index contributed by atoms with van der Waals surface area (Å²) in [4.78, 5) is 6.48. The lowest BCUT2D eigenvalue weighted by atomic mass is 9.94. The molecule has 0 amide bonds. The van der Waals surface area contributed by atoms with Crippen molar-refractivity contribution in [2.45, 2.75) is 26.3 Å². The van der Waals surface area contributed by atoms with Crippen LogP contribution in [-0.4, -0.2) is 33.8 Å². The molecule has 1 unspecified atom stereocenters. The van der Waals surface area contributed by atoms with Gasteiger partial charge in [0, 0.05) is 17.8 Å². The number of thiocarbonyl (C=S) groups is 1. The highest BCUT2D eigenvalue weighted by Crippen LogP contribution is 2.37. The number of nitrogens with zero attached hydrogens (tertiary/aromatic N) is 3. The highest BCUT2D eigenvalue weighted by Gasteiger charge is 2.34. The number of benzene rings is 2. The van der Waals surface area contributed by atoms with E-state index in [0.717, 1.165) is 12.1 Å². The van der Waals surface area contributed by atoms with Gasteiger partial charge in [0.1, 0.15) is 5.82 Å². The molecule has 6 nitrogen and oxygen atoms in total. The first-order valence-corrected chi connectivity index (χ1v) is 10.6. The summed E-state index contributed by atoms with van der Waals surface area (Å²) >= 11 is 5.57. The van der Waals surface area contributed by atoms with E-state index in [0.29, 0.717) is 28.4 Å². The Labute approximate surface area is 189 Å². The minimum absolute atomic E-state index is 0.127. The van der Waals surface area contributed by atoms with E-state index in [9.17, 15) is 8.78 Å². The quantitative estimate of drug-likeness (QED) is 0.518. The monoisotopic (exact) mass is 456 g/mol. The number of rotatable bonds is 6. The minimum atomic E-state index is -0.525. The molecule has 2 aromatic carbocycles. The minimum Gasteiger partial charge on any atom is -0.494 e. The van der Waals surface area contributed by atoms with Crippen LogP contribution in [0.4, 0.5) is 8.78 Å². The van der Waals surface area contributed by atoms with Crippen LogP contribution in [0.2, 0.25) is 0 Å². The van der Waals surface area contributed by atoms with Crippen molar-refractivity contribution in [2.75, 3.05) is 13.7 Å². The van der Waals surface area contributed by atoms with E-state index in [1.807, 2.05) is 17.9 Å². The van der Waals surface area contributed by atoms with Crippen molar-refractivity contribution in [2.24, 2.45) is 0 Å². The van der Waals surface area contributed by atoms with Gasteiger partial charge in [0.05, 0.1) is 18.7 Å². The molecular weight excluding hydrogens is 434 g/mol. The van der Waals surface area contributed by atoms with Gasteiger partial charge in [-0.25, -0.2) is 8.78 Å². The van der Waals surface area contributed by atoms with Crippen molar-refractivity contribution in [3.63, 3.8) is 0 Å². The Morgan fingerprint density at radius 2 is 2.03 bits per heavy atom. The molecule has 2 heterocycles. The summed E-state index contributed by atoms with van der Waals surface area (Å²) in [5.74, 6) is -0.275. The van der Waals surface area contributed by atoms with Crippen molar-refractivity contribution in [1.82, 2.24) is 20.4 Å². The first-order chi connectivity index (χ1) is 15.4. The molecule has 1 N–H and O–H groups in total. The first kappa shape index (κ1) is 21.9. The molecule has 0 saturated carbocycles. The Morgan fingerprint density at radius 1 is 1.22 bits per heavy atom. The standard InChI is InChI=1S/C23H22F2N4O2S/c1-4-10-29-13(2)19(20(26-23(29)32)14-6-5-7-16(24)11-14)22-27-21(28-31-22)15-8-9-18(30-3)17(25)12-15/h5-9,11-12,20H,4,10H2,1-3H3,(H,26,32). The third-order valence-electron chi connectivity index (χ3n) is 5.29. The predicted octanol–water partition coefficient (Wildman–Crippen LogP) is 5.10. The van der Waals surface area contributed by atoms with Crippen molar-refractivity contribution in [3.05, 3.63) is 71.3 Å². The predicted molar refractivity (Wildman–Crippen MR) is 121 cm³/mol. The van der Waals surface area contributed by atoms with Crippen LogP contribution in [0, 0.1) is 11.6 Å². The molecule has 0 saturated heterocycles. The van der Waals surface area contributed by atoms with E-state index >= 15 is 0 Å². The molecule has 1 aliphatic rings. The maximum absolute atomic E-state index is 14.2. The van der Waals surface area contributed by atoms with E-state index in [-0.39, 0.29) is 23.3 Å². The second-order valence-corrected chi connectivity index (χ2v) is 7.75. The molecule has 1 atom stereocenters. The Hall–Kier alpha value is -3.33. The lowest BCUT2D eigenvalue weighted by Gasteiger charge is -2.37. The number of halogens is 2. The van der Waals surface area contributed by atoms with Gasteiger partial charge in [-0.05, 0) is 61.5 Å². The topological polar surface area (TPSA) is 63.4 Å². The number of aromatic nitrogens is 2. The van der Waals surface area contributed by atoms with Crippen LogP contribution in [0.1, 0.15) is 37.8 Å². The summed E-state index contributed by atoms with van der Waals surface area (Å²) in [6, 6.07) is 10.2. The van der Waals surface area contributed by atoms with Crippen LogP contribution in [0.15, 0.2) is 52.7 Å². The Bertz CT molecular complexity index is 1190. The average Bonchev–Trinajstić information content (AvgIpc) is 3.26. The van der Waals surface area contributed by atoms with Gasteiger partial charge < -0.3 is 19.5 Å². The SMILES string of the molecule is CCCN1C(=S)NC(c2cccc(F)c2)C(c2nc(-c3ccc(OC)c(F)c3)no2)=C1C. The van der Waals surface area contributed by atoms with E-state index in [1.54, 1.807) is 12.1 Å². The average molecular weight is 457 g/mol. The van der Waals surface area contributed by atoms with Crippen molar-refractivity contribution in [3.8, 4) is 17.1 Å². The summed E-state index contributed by atoms with van der Waals surface area (Å²) < 4.78 is 38.7. The molecule has 9 heteroatoms. The first-order valence-electron chi connectivity index (χ1n) is 10.1. The Kier molecular flexibility index (Phi) is 6.18. The molecule has 1 aromatic heterocycles. The van der Waals surface area contributed by atoms with Crippen molar-refractivity contribution >= 4 is 22.9 Å². The molecule has 0 bridgehead atoms. The highest BCUT2D eigenvalue weighted by molar-refractivity contribution is 7.80. The summed E-state index contributed by atoms with van der Waals surface area (Å²) in [5, 5.41) is 7.86. The van der Waals surface area contributed by atoms with Crippen LogP contribution >= 0.6 is 12.2 Å². The number of hydrogen-bond acceptors (Lipinski definition) is 5. The molecule has 4 rings (SSSR count). The Morgan fingerprint density at radius 3 is 2.72 bits per heavy atom. The molecular formula is C23H22F2N4O2S. The highest BCUT2D eigenvalue weighted by atomic mass is 32.1. The molecule has 3 aromatic rings. The fourth-order valence-electron chi connectivity index (χ4n) is 3.74. The van der Waals surface area contributed by atoms with E-state index in [4.69, 9.17) is 21.5 Å². The third kappa shape index (κ3) is 4.08. The number of nitrogens with one attached hydrogen (secondary N) is 1. The molecule has 166 valence electrons. The Balaban J connectivity index is 1.80. The lowest BCUT2D eigenvalue weighted by Crippen LogP contribution is -2.46. The molecule has 0 fully saturated rings. The van der Waals surface area contributed by atoms with Gasteiger partial charge in [0.15, 0.2) is 16.7 Å². The lowest BCUT2D eigenvalue weighted by molar-refractivity contribution is 0.386. The number of methoxy groups -OCH3 is 1. The number of allylic oxidation sites excluding steroid dienone is 1. The molecule has 32 heavy (non-hydrogen) atoms. The zero-order valence-electron chi connectivity index (χ0n) is 17.9. The molecule has 1 aliphatic heterocycles. The van der Waals surface area contributed by atoms with E-state index < -0.39 is 11.9 Å². The van der Waals surface area contributed by atoms with Crippen molar-refractivity contribution < 1.29 is 18.0 Å². The zero-order valence-corrected chi connectivity index (χ0v) is 18.7. The second kappa shape index (κ2) is 9.04. The van der Waals surface area contributed by atoms with Gasteiger partial charge in [-0.3, -0.25) is 0 Å². The maximum Gasteiger partial charge on any atom is 0.258 e. The van der Waals surface area contributed by atoms with Gasteiger partial charge in [-0.15, -0.1) is 0 Å². The van der Waals surface area contributed by atoms with Gasteiger partial charge in [-0.1, -0.05) is 24.2 Å². The maximum atomic E-state index is 14.2. The van der Waals surface area contributed by atoms with Gasteiger partial charge >= 0.3 is 0 Å². The number of ether oxygens (including phenoxy) is 1. The zero-order chi connectivity index (χ0) is 22.8. The summed E-state index contributed by atoms with van der Waals surface area (Å²) in [5.41, 5.74) is 2.64. The van der Waals surface area contributed by atoms with Crippen molar-refractivity contribution in [1.29, 1.82) is 0 Å². The van der Waals surface area contributed by atoms with E-state index in [2.05, 4.69) is 22.4 Å². The molecule has 0 spiro atoms. The summed E-state index contributed by atoms with van der Waals surface area (Å²) in [7, 11) is 1.40. The normalized spacial score (nSPS) is 16.3. The second-order valence-electron chi connectivity index (χ2n) is 7.36. The van der Waals surface area contributed by atoms with Crippen LogP contribution in [0.25, 0.3) is 17.0 Å². The molecule has 0 radical (unpaired) electrons. The van der Waals surface area contributed by atoms with Crippen LogP contribution in [0.5, 0.6) is 5.75 Å². The largest absolute Gasteiger partial charge is 0.494 e. The summed E-state index contributed by atoms with van der Waals surface area (Å²) in [6.45, 7) is 4.67. The third-order valence-corrected chi connectivity index (χ3v) is 5.63. The van der Waals surface area contributed by atoms with Gasteiger partial charge in [0.2, 0.25) is 5.82 Å². The van der Waals surface area contributed by atoms with Gasteiger partial charge in [0.25, 0.3) is 5.89 Å². The molecule has 0 aliphatic carbocycles. The summed E-state index contributed by atoms with van der Waals surface area (Å²) in [6.07, 6.45) is 0.872. The smallest absolute Gasteiger partial charge is 0.258 e. The van der Waals surface area contributed by atoms with Crippen LogP contribution in [0.3, 0.4) is 0 Å². The van der Waals surface area contributed by atoms with Gasteiger partial charge in [-0.2, -0.15) is 4.98 Å². The fraction of sp³-hybridized carbons (Fsp3) is 0.261. The fourth-order valence-corrected chi connectivity index (χ4v) is 4.09. The number of hydrogen-bond donors (Lipinski definition) is 1. The van der Waals surface area contributed by atoms with Crippen LogP contribution < -0.4 is 10.1 Å². The van der Waals surface area contributed by atoms with Crippen LogP contribution in [-0.2, 0) is 0 Å².